The van der Waals surface area contributed by atoms with Gasteiger partial charge in [0.1, 0.15) is 0 Å². The molecule has 0 saturated heterocycles. The van der Waals surface area contributed by atoms with E-state index in [0.717, 1.165) is 4.31 Å². The van der Waals surface area contributed by atoms with Gasteiger partial charge in [-0.3, -0.25) is 4.79 Å². The molecule has 0 aromatic rings. The Labute approximate surface area is 128 Å². The number of amides is 1. The third kappa shape index (κ3) is 2.52. The summed E-state index contributed by atoms with van der Waals surface area (Å²) in [4.78, 5) is 25.9. The summed E-state index contributed by atoms with van der Waals surface area (Å²) >= 11 is 0. The minimum atomic E-state index is -3.80. The van der Waals surface area contributed by atoms with Crippen LogP contribution in [0.5, 0.6) is 0 Å². The number of hydrogen-bond acceptors (Lipinski definition) is 5. The lowest BCUT2D eigenvalue weighted by molar-refractivity contribution is -0.132. The number of aliphatic imine (C=N–C) groups is 1. The fourth-order valence-corrected chi connectivity index (χ4v) is 3.49. The van der Waals surface area contributed by atoms with E-state index in [1.165, 1.54) is 12.2 Å². The van der Waals surface area contributed by atoms with Crippen LogP contribution in [-0.4, -0.2) is 47.0 Å². The van der Waals surface area contributed by atoms with Crippen molar-refractivity contribution in [3.8, 4) is 0 Å². The third-order valence-corrected chi connectivity index (χ3v) is 5.80. The maximum absolute atomic E-state index is 12.7. The molecule has 9 heteroatoms. The molecule has 2 N–H and O–H groups in total. The lowest BCUT2D eigenvalue weighted by Crippen LogP contribution is -2.50. The first-order valence-electron chi connectivity index (χ1n) is 6.55. The lowest BCUT2D eigenvalue weighted by Gasteiger charge is -2.32. The second-order valence-corrected chi connectivity index (χ2v) is 8.42. The van der Waals surface area contributed by atoms with Gasteiger partial charge in [-0.15, -0.1) is 0 Å². The largest absolute Gasteiger partial charge is 0.478 e. The Hall–Kier alpha value is -2.16. The van der Waals surface area contributed by atoms with E-state index in [9.17, 15) is 18.0 Å². The van der Waals surface area contributed by atoms with Crippen LogP contribution in [0.2, 0.25) is 0 Å². The van der Waals surface area contributed by atoms with E-state index in [-0.39, 0.29) is 17.7 Å². The van der Waals surface area contributed by atoms with Crippen LogP contribution in [0.4, 0.5) is 0 Å². The zero-order valence-electron chi connectivity index (χ0n) is 12.4. The number of carboxylic acids is 1. The molecule has 1 atom stereocenters. The Morgan fingerprint density at radius 1 is 1.50 bits per heavy atom. The van der Waals surface area contributed by atoms with Crippen LogP contribution in [0.1, 0.15) is 27.2 Å². The summed E-state index contributed by atoms with van der Waals surface area (Å²) in [6.07, 6.45) is 2.17. The van der Waals surface area contributed by atoms with Crippen molar-refractivity contribution in [3.63, 3.8) is 0 Å². The van der Waals surface area contributed by atoms with Crippen LogP contribution >= 0.6 is 0 Å². The standard InChI is InChI=1S/C13H17N3O5S/c1-13(2,3)22(20,21)16-10-5-4-8(11(18)19)6-9(10)15-12(16)14-7-17/h5-7,12H,4H2,1-3H3,(H,14,17)(H,18,19). The van der Waals surface area contributed by atoms with E-state index in [1.807, 2.05) is 0 Å². The summed E-state index contributed by atoms with van der Waals surface area (Å²) in [5.74, 6) is -1.09. The second kappa shape index (κ2) is 5.24. The molecule has 2 rings (SSSR count). The van der Waals surface area contributed by atoms with Crippen molar-refractivity contribution in [2.75, 3.05) is 0 Å². The van der Waals surface area contributed by atoms with Gasteiger partial charge in [0, 0.05) is 5.57 Å². The molecule has 0 aromatic heterocycles. The van der Waals surface area contributed by atoms with E-state index < -0.39 is 27.0 Å². The number of hydrogen-bond donors (Lipinski definition) is 2. The van der Waals surface area contributed by atoms with Crippen LogP contribution in [0, 0.1) is 0 Å². The topological polar surface area (TPSA) is 116 Å². The number of carbonyl (C=O) groups excluding carboxylic acids is 1. The molecular formula is C13H17N3O5S. The molecule has 1 amide bonds. The first-order chi connectivity index (χ1) is 10.1. The normalized spacial score (nSPS) is 21.5. The summed E-state index contributed by atoms with van der Waals surface area (Å²) in [5, 5.41) is 11.4. The zero-order chi connectivity index (χ0) is 16.7. The zero-order valence-corrected chi connectivity index (χ0v) is 13.2. The van der Waals surface area contributed by atoms with E-state index in [4.69, 9.17) is 5.11 Å². The molecule has 1 unspecified atom stereocenters. The van der Waals surface area contributed by atoms with Gasteiger partial charge in [-0.05, 0) is 33.3 Å². The number of sulfonamides is 1. The Kier molecular flexibility index (Phi) is 3.86. The highest BCUT2D eigenvalue weighted by atomic mass is 32.2. The lowest BCUT2D eigenvalue weighted by atomic mass is 10.0. The average molecular weight is 327 g/mol. The van der Waals surface area contributed by atoms with Gasteiger partial charge in [-0.1, -0.05) is 6.08 Å². The summed E-state index contributed by atoms with van der Waals surface area (Å²) in [5.41, 5.74) is 0.637. The maximum atomic E-state index is 12.7. The number of allylic oxidation sites excluding steroid dienone is 2. The smallest absolute Gasteiger partial charge is 0.331 e. The molecule has 1 heterocycles. The molecule has 1 aliphatic carbocycles. The Bertz CT molecular complexity index is 712. The number of rotatable bonds is 4. The summed E-state index contributed by atoms with van der Waals surface area (Å²) < 4.78 is 25.4. The van der Waals surface area contributed by atoms with Gasteiger partial charge in [-0.2, -0.15) is 0 Å². The number of fused-ring (bicyclic) bond motifs is 1. The van der Waals surface area contributed by atoms with Gasteiger partial charge in [0.2, 0.25) is 22.7 Å². The number of carboxylic acid groups (broad SMARTS) is 1. The molecule has 2 aliphatic rings. The van der Waals surface area contributed by atoms with Crippen LogP contribution < -0.4 is 5.32 Å². The van der Waals surface area contributed by atoms with E-state index in [2.05, 4.69) is 10.3 Å². The monoisotopic (exact) mass is 327 g/mol. The average Bonchev–Trinajstić information content (AvgIpc) is 2.74. The molecule has 0 spiro atoms. The molecule has 0 fully saturated rings. The number of nitrogens with zero attached hydrogens (tertiary/aromatic N) is 2. The molecule has 1 aliphatic heterocycles. The van der Waals surface area contributed by atoms with Gasteiger partial charge in [-0.25, -0.2) is 22.5 Å². The molecule has 0 bridgehead atoms. The predicted octanol–water partition coefficient (Wildman–Crippen LogP) is 0.200. The summed E-state index contributed by atoms with van der Waals surface area (Å²) in [6.45, 7) is 4.63. The van der Waals surface area contributed by atoms with E-state index in [1.54, 1.807) is 20.8 Å². The molecule has 22 heavy (non-hydrogen) atoms. The summed E-state index contributed by atoms with van der Waals surface area (Å²) in [6, 6.07) is 0. The number of aliphatic carboxylic acids is 1. The molecule has 0 aromatic carbocycles. The Morgan fingerprint density at radius 2 is 2.14 bits per heavy atom. The highest BCUT2D eigenvalue weighted by Gasteiger charge is 2.45. The van der Waals surface area contributed by atoms with Crippen molar-refractivity contribution in [2.24, 2.45) is 4.99 Å². The van der Waals surface area contributed by atoms with Crippen LogP contribution in [-0.2, 0) is 19.6 Å². The third-order valence-electron chi connectivity index (χ3n) is 3.33. The van der Waals surface area contributed by atoms with Crippen LogP contribution in [0.3, 0.4) is 0 Å². The summed E-state index contributed by atoms with van der Waals surface area (Å²) in [7, 11) is -3.80. The van der Waals surface area contributed by atoms with E-state index in [0.29, 0.717) is 12.1 Å². The molecule has 0 saturated carbocycles. The van der Waals surface area contributed by atoms with Gasteiger partial charge >= 0.3 is 5.97 Å². The minimum absolute atomic E-state index is 0.0909. The second-order valence-electron chi connectivity index (χ2n) is 5.85. The fraction of sp³-hybridized carbons (Fsp3) is 0.462. The van der Waals surface area contributed by atoms with Crippen molar-refractivity contribution in [2.45, 2.75) is 38.2 Å². The maximum Gasteiger partial charge on any atom is 0.331 e. The quantitative estimate of drug-likeness (QED) is 0.716. The minimum Gasteiger partial charge on any atom is -0.478 e. The van der Waals surface area contributed by atoms with Gasteiger partial charge in [0.15, 0.2) is 0 Å². The van der Waals surface area contributed by atoms with Gasteiger partial charge < -0.3 is 10.4 Å². The van der Waals surface area contributed by atoms with Crippen molar-refractivity contribution in [1.29, 1.82) is 0 Å². The number of nitrogens with one attached hydrogen (secondary N) is 1. The SMILES string of the molecule is CC(C)(C)S(=O)(=O)N1C2=CCC(C(=O)O)=CC2=NC1NC=O. The van der Waals surface area contributed by atoms with E-state index >= 15 is 0 Å². The van der Waals surface area contributed by atoms with Crippen molar-refractivity contribution in [3.05, 3.63) is 23.4 Å². The first kappa shape index (κ1) is 16.2. The molecule has 120 valence electrons. The Morgan fingerprint density at radius 3 is 2.64 bits per heavy atom. The van der Waals surface area contributed by atoms with Crippen molar-refractivity contribution < 1.29 is 23.1 Å². The van der Waals surface area contributed by atoms with Crippen molar-refractivity contribution >= 4 is 28.1 Å². The first-order valence-corrected chi connectivity index (χ1v) is 7.99. The van der Waals surface area contributed by atoms with Gasteiger partial charge in [0.05, 0.1) is 16.2 Å². The van der Waals surface area contributed by atoms with Crippen LogP contribution in [0.25, 0.3) is 0 Å². The van der Waals surface area contributed by atoms with Gasteiger partial charge in [0.25, 0.3) is 0 Å². The number of carbonyl (C=O) groups is 2. The molecule has 0 radical (unpaired) electrons. The molecule has 8 nitrogen and oxygen atoms in total. The highest BCUT2D eigenvalue weighted by Crippen LogP contribution is 2.33. The highest BCUT2D eigenvalue weighted by molar-refractivity contribution is 7.90. The fourth-order valence-electron chi connectivity index (χ4n) is 2.10. The molecular weight excluding hydrogens is 310 g/mol. The van der Waals surface area contributed by atoms with Crippen molar-refractivity contribution in [1.82, 2.24) is 9.62 Å². The van der Waals surface area contributed by atoms with Crippen LogP contribution in [0.15, 0.2) is 28.4 Å². The predicted molar refractivity (Wildman–Crippen MR) is 79.4 cm³/mol. The Balaban J connectivity index is 2.50.